The Morgan fingerprint density at radius 3 is 1.85 bits per heavy atom. The molecule has 1 aromatic carbocycles. The maximum atomic E-state index is 11.5. The van der Waals surface area contributed by atoms with Crippen molar-refractivity contribution < 1.29 is 51.3 Å². The Bertz CT molecular complexity index is 934. The number of aliphatic hydroxyl groups excluding tert-OH is 1. The van der Waals surface area contributed by atoms with Gasteiger partial charge in [-0.2, -0.15) is 26.3 Å². The number of fused-ring (bicyclic) bond motifs is 2. The van der Waals surface area contributed by atoms with Gasteiger partial charge < -0.3 is 25.5 Å². The second kappa shape index (κ2) is 13.3. The van der Waals surface area contributed by atoms with Crippen LogP contribution in [0.2, 0.25) is 0 Å². The summed E-state index contributed by atoms with van der Waals surface area (Å²) in [6.07, 6.45) is -8.34. The van der Waals surface area contributed by atoms with E-state index in [1.807, 2.05) is 0 Å². The Morgan fingerprint density at radius 2 is 1.41 bits per heavy atom. The van der Waals surface area contributed by atoms with Crippen molar-refractivity contribution in [2.24, 2.45) is 5.92 Å². The lowest BCUT2D eigenvalue weighted by Crippen LogP contribution is -2.53. The van der Waals surface area contributed by atoms with Crippen LogP contribution in [0.5, 0.6) is 0 Å². The molecule has 2 saturated heterocycles. The molecular formula is C25H35F6N3O5. The fraction of sp³-hybridized carbons (Fsp3) is 0.680. The molecule has 0 unspecified atom stereocenters. The van der Waals surface area contributed by atoms with Gasteiger partial charge in [0, 0.05) is 38.1 Å². The van der Waals surface area contributed by atoms with Crippen molar-refractivity contribution >= 4 is 11.9 Å². The predicted octanol–water partition coefficient (Wildman–Crippen LogP) is 3.26. The molecule has 0 amide bonds. The van der Waals surface area contributed by atoms with Gasteiger partial charge in [-0.15, -0.1) is 0 Å². The van der Waals surface area contributed by atoms with Gasteiger partial charge in [0.2, 0.25) is 0 Å². The van der Waals surface area contributed by atoms with E-state index in [0.29, 0.717) is 0 Å². The molecule has 1 aromatic rings. The summed E-state index contributed by atoms with van der Waals surface area (Å²) in [6.45, 7) is 12.2. The van der Waals surface area contributed by atoms with Gasteiger partial charge in [0.05, 0.1) is 12.1 Å². The number of halogens is 6. The number of rotatable bonds is 3. The molecule has 4 N–H and O–H groups in total. The lowest BCUT2D eigenvalue weighted by molar-refractivity contribution is -0.193. The Balaban J connectivity index is 0.000000317. The first-order chi connectivity index (χ1) is 18.0. The van der Waals surface area contributed by atoms with Gasteiger partial charge in [-0.25, -0.2) is 9.59 Å². The highest BCUT2D eigenvalue weighted by Crippen LogP contribution is 2.52. The normalized spacial score (nSPS) is 23.3. The van der Waals surface area contributed by atoms with Crippen LogP contribution in [-0.4, -0.2) is 101 Å². The van der Waals surface area contributed by atoms with E-state index in [2.05, 4.69) is 53.2 Å². The zero-order valence-electron chi connectivity index (χ0n) is 21.7. The summed E-state index contributed by atoms with van der Waals surface area (Å²) in [7, 11) is 0. The summed E-state index contributed by atoms with van der Waals surface area (Å²) in [4.78, 5) is 22.9. The molecule has 4 rings (SSSR count). The SMILES string of the molecule is CC(C)CN1CCN([C@@H]2c3ccccc3C3(CCNCC3)[C@H]2O)CC1.O=C(O)C(F)(F)F.O=C(O)C(F)(F)F. The van der Waals surface area contributed by atoms with Crippen LogP contribution in [0.25, 0.3) is 0 Å². The zero-order valence-corrected chi connectivity index (χ0v) is 21.7. The maximum absolute atomic E-state index is 11.5. The first-order valence-electron chi connectivity index (χ1n) is 12.6. The molecule has 0 aromatic heterocycles. The average Bonchev–Trinajstić information content (AvgIpc) is 3.07. The number of nitrogens with one attached hydrogen (secondary N) is 1. The molecule has 2 fully saturated rings. The molecule has 2 atom stereocenters. The van der Waals surface area contributed by atoms with E-state index in [1.54, 1.807) is 0 Å². The van der Waals surface area contributed by atoms with Crippen molar-refractivity contribution in [3.05, 3.63) is 35.4 Å². The average molecular weight is 572 g/mol. The van der Waals surface area contributed by atoms with E-state index in [9.17, 15) is 31.4 Å². The number of benzene rings is 1. The van der Waals surface area contributed by atoms with Crippen molar-refractivity contribution in [2.75, 3.05) is 45.8 Å². The van der Waals surface area contributed by atoms with Crippen LogP contribution in [0, 0.1) is 5.92 Å². The number of piperazine rings is 1. The first-order valence-corrected chi connectivity index (χ1v) is 12.6. The van der Waals surface area contributed by atoms with Crippen molar-refractivity contribution in [3.63, 3.8) is 0 Å². The third-order valence-electron chi connectivity index (χ3n) is 7.09. The fourth-order valence-corrected chi connectivity index (χ4v) is 5.41. The highest BCUT2D eigenvalue weighted by molar-refractivity contribution is 5.73. The smallest absolute Gasteiger partial charge is 0.475 e. The highest BCUT2D eigenvalue weighted by Gasteiger charge is 2.53. The molecule has 14 heteroatoms. The van der Waals surface area contributed by atoms with Crippen LogP contribution >= 0.6 is 0 Å². The largest absolute Gasteiger partial charge is 0.490 e. The number of nitrogens with zero attached hydrogens (tertiary/aromatic N) is 2. The van der Waals surface area contributed by atoms with E-state index < -0.39 is 24.3 Å². The highest BCUT2D eigenvalue weighted by atomic mass is 19.4. The monoisotopic (exact) mass is 571 g/mol. The number of hydrogen-bond donors (Lipinski definition) is 4. The molecule has 0 bridgehead atoms. The summed E-state index contributed by atoms with van der Waals surface area (Å²) in [5.41, 5.74) is 2.76. The van der Waals surface area contributed by atoms with Crippen molar-refractivity contribution in [1.82, 2.24) is 15.1 Å². The van der Waals surface area contributed by atoms with E-state index in [1.165, 1.54) is 17.7 Å². The minimum atomic E-state index is -5.08. The molecule has 2 aliphatic heterocycles. The number of carboxylic acids is 2. The van der Waals surface area contributed by atoms with Gasteiger partial charge in [-0.1, -0.05) is 38.1 Å². The van der Waals surface area contributed by atoms with E-state index in [0.717, 1.165) is 58.0 Å². The molecule has 8 nitrogen and oxygen atoms in total. The van der Waals surface area contributed by atoms with Crippen molar-refractivity contribution in [2.45, 2.75) is 56.6 Å². The standard InChI is InChI=1S/C21H33N3O.2C2HF3O2/c1-16(2)15-23-11-13-24(14-12-23)19-17-5-3-4-6-18(17)21(20(19)25)7-9-22-10-8-21;2*3-2(4,5)1(6)7/h3-6,16,19-20,22,25H,7-15H2,1-2H3;2*(H,6,7)/t19-,20+;;/m1../s1. The predicted molar refractivity (Wildman–Crippen MR) is 129 cm³/mol. The van der Waals surface area contributed by atoms with Gasteiger partial charge in [0.1, 0.15) is 0 Å². The second-order valence-electron chi connectivity index (χ2n) is 10.2. The maximum Gasteiger partial charge on any atom is 0.490 e. The fourth-order valence-electron chi connectivity index (χ4n) is 5.41. The molecule has 2 heterocycles. The van der Waals surface area contributed by atoms with Gasteiger partial charge in [0.25, 0.3) is 0 Å². The molecule has 0 saturated carbocycles. The molecule has 222 valence electrons. The van der Waals surface area contributed by atoms with Crippen LogP contribution in [0.15, 0.2) is 24.3 Å². The molecule has 1 aliphatic carbocycles. The van der Waals surface area contributed by atoms with Crippen LogP contribution in [0.1, 0.15) is 43.9 Å². The Hall–Kier alpha value is -2.42. The number of hydrogen-bond acceptors (Lipinski definition) is 6. The van der Waals surface area contributed by atoms with E-state index in [-0.39, 0.29) is 17.6 Å². The summed E-state index contributed by atoms with van der Waals surface area (Å²) in [5.74, 6) is -4.79. The Morgan fingerprint density at radius 1 is 0.949 bits per heavy atom. The van der Waals surface area contributed by atoms with Crippen LogP contribution in [0.4, 0.5) is 26.3 Å². The summed E-state index contributed by atoms with van der Waals surface area (Å²) in [6, 6.07) is 9.02. The number of aliphatic hydroxyl groups is 1. The Labute approximate surface area is 222 Å². The first kappa shape index (κ1) is 32.8. The molecule has 0 radical (unpaired) electrons. The number of alkyl halides is 6. The van der Waals surface area contributed by atoms with Gasteiger partial charge >= 0.3 is 24.3 Å². The van der Waals surface area contributed by atoms with Crippen LogP contribution in [-0.2, 0) is 15.0 Å². The number of piperidine rings is 1. The molecule has 39 heavy (non-hydrogen) atoms. The third-order valence-corrected chi connectivity index (χ3v) is 7.09. The van der Waals surface area contributed by atoms with Gasteiger partial charge in [0.15, 0.2) is 0 Å². The lowest BCUT2D eigenvalue weighted by atomic mass is 9.72. The zero-order chi connectivity index (χ0) is 29.6. The molecule has 1 spiro atoms. The quantitative estimate of drug-likeness (QED) is 0.409. The topological polar surface area (TPSA) is 113 Å². The number of aliphatic carboxylic acids is 2. The molecular weight excluding hydrogens is 536 g/mol. The van der Waals surface area contributed by atoms with Gasteiger partial charge in [-0.3, -0.25) is 4.90 Å². The minimum absolute atomic E-state index is 0.0401. The van der Waals surface area contributed by atoms with E-state index in [4.69, 9.17) is 19.8 Å². The summed E-state index contributed by atoms with van der Waals surface area (Å²) >= 11 is 0. The summed E-state index contributed by atoms with van der Waals surface area (Å²) < 4.78 is 63.5. The lowest BCUT2D eigenvalue weighted by Gasteiger charge is -2.43. The Kier molecular flexibility index (Phi) is 11.2. The van der Waals surface area contributed by atoms with Gasteiger partial charge in [-0.05, 0) is 43.0 Å². The van der Waals surface area contributed by atoms with Crippen LogP contribution in [0.3, 0.4) is 0 Å². The minimum Gasteiger partial charge on any atom is -0.475 e. The summed E-state index contributed by atoms with van der Waals surface area (Å²) in [5, 5.41) is 29.2. The van der Waals surface area contributed by atoms with Crippen LogP contribution < -0.4 is 5.32 Å². The van der Waals surface area contributed by atoms with Crippen molar-refractivity contribution in [1.29, 1.82) is 0 Å². The second-order valence-corrected chi connectivity index (χ2v) is 10.2. The number of carbonyl (C=O) groups is 2. The number of carboxylic acid groups (broad SMARTS) is 2. The van der Waals surface area contributed by atoms with E-state index >= 15 is 0 Å². The third kappa shape index (κ3) is 8.53. The van der Waals surface area contributed by atoms with Crippen molar-refractivity contribution in [3.8, 4) is 0 Å². The molecule has 3 aliphatic rings.